The van der Waals surface area contributed by atoms with Crippen LogP contribution in [0.5, 0.6) is 0 Å². The number of carbonyl (C=O) groups is 2. The zero-order valence-corrected chi connectivity index (χ0v) is 12.1. The fourth-order valence-corrected chi connectivity index (χ4v) is 2.81. The molecule has 2 atom stereocenters. The van der Waals surface area contributed by atoms with Crippen molar-refractivity contribution in [2.45, 2.75) is 24.9 Å². The molecule has 0 radical (unpaired) electrons. The summed E-state index contributed by atoms with van der Waals surface area (Å²) in [5.41, 5.74) is 0. The van der Waals surface area contributed by atoms with Gasteiger partial charge >= 0.3 is 13.1 Å². The minimum absolute atomic E-state index is 0.195. The van der Waals surface area contributed by atoms with Crippen LogP contribution in [-0.4, -0.2) is 54.3 Å². The summed E-state index contributed by atoms with van der Waals surface area (Å²) < 4.78 is 5.27. The number of hydrogen-bond donors (Lipinski definition) is 4. The van der Waals surface area contributed by atoms with E-state index in [0.717, 1.165) is 4.88 Å². The SMILES string of the molecule is O=C(O)CC1CNC[C@H](NC(=O)Cc2cccs2)B(O)O1. The van der Waals surface area contributed by atoms with Crippen LogP contribution >= 0.6 is 11.3 Å². The van der Waals surface area contributed by atoms with E-state index in [1.54, 1.807) is 0 Å². The van der Waals surface area contributed by atoms with Gasteiger partial charge in [-0.05, 0) is 11.4 Å². The first-order chi connectivity index (χ1) is 10.0. The molecule has 1 fully saturated rings. The van der Waals surface area contributed by atoms with Gasteiger partial charge in [0.15, 0.2) is 0 Å². The van der Waals surface area contributed by atoms with Gasteiger partial charge in [0.1, 0.15) is 0 Å². The first kappa shape index (κ1) is 16.0. The molecule has 0 saturated carbocycles. The summed E-state index contributed by atoms with van der Waals surface area (Å²) in [7, 11) is -1.23. The van der Waals surface area contributed by atoms with Crippen molar-refractivity contribution in [3.05, 3.63) is 22.4 Å². The van der Waals surface area contributed by atoms with E-state index in [4.69, 9.17) is 9.76 Å². The van der Waals surface area contributed by atoms with Crippen molar-refractivity contribution in [2.24, 2.45) is 0 Å². The summed E-state index contributed by atoms with van der Waals surface area (Å²) in [6.07, 6.45) is -0.559. The fourth-order valence-electron chi connectivity index (χ4n) is 2.11. The second kappa shape index (κ2) is 7.55. The highest BCUT2D eigenvalue weighted by molar-refractivity contribution is 7.10. The van der Waals surface area contributed by atoms with E-state index in [2.05, 4.69) is 10.6 Å². The standard InChI is InChI=1S/C12H17BN2O5S/c16-11(5-9-2-1-3-21-9)15-10-7-14-6-8(4-12(17)18)20-13(10)19/h1-3,8,10,14,19H,4-7H2,(H,15,16)(H,17,18)/t8?,10-/m0/s1. The molecular weight excluding hydrogens is 295 g/mol. The van der Waals surface area contributed by atoms with Crippen molar-refractivity contribution in [3.8, 4) is 0 Å². The fraction of sp³-hybridized carbons (Fsp3) is 0.500. The number of nitrogens with one attached hydrogen (secondary N) is 2. The monoisotopic (exact) mass is 312 g/mol. The van der Waals surface area contributed by atoms with Gasteiger partial charge in [0, 0.05) is 18.0 Å². The Balaban J connectivity index is 1.85. The lowest BCUT2D eigenvalue weighted by atomic mass is 9.78. The van der Waals surface area contributed by atoms with Crippen LogP contribution in [0.2, 0.25) is 0 Å². The van der Waals surface area contributed by atoms with Crippen LogP contribution in [0.4, 0.5) is 0 Å². The molecule has 7 nitrogen and oxygen atoms in total. The second-order valence-electron chi connectivity index (χ2n) is 4.83. The molecule has 2 rings (SSSR count). The average molecular weight is 312 g/mol. The molecule has 0 aliphatic carbocycles. The molecule has 1 aromatic rings. The number of rotatable bonds is 5. The molecule has 114 valence electrons. The lowest BCUT2D eigenvalue weighted by Gasteiger charge is -2.19. The molecule has 1 saturated heterocycles. The number of carboxylic acids is 1. The Morgan fingerprint density at radius 1 is 1.52 bits per heavy atom. The summed E-state index contributed by atoms with van der Waals surface area (Å²) >= 11 is 1.49. The molecule has 1 unspecified atom stereocenters. The lowest BCUT2D eigenvalue weighted by Crippen LogP contribution is -2.51. The van der Waals surface area contributed by atoms with Crippen molar-refractivity contribution in [2.75, 3.05) is 13.1 Å². The molecule has 1 amide bonds. The van der Waals surface area contributed by atoms with Crippen molar-refractivity contribution in [1.29, 1.82) is 0 Å². The van der Waals surface area contributed by atoms with Gasteiger partial charge in [0.05, 0.1) is 24.9 Å². The number of thiophene rings is 1. The van der Waals surface area contributed by atoms with E-state index in [0.29, 0.717) is 13.1 Å². The van der Waals surface area contributed by atoms with E-state index < -0.39 is 25.1 Å². The van der Waals surface area contributed by atoms with Crippen molar-refractivity contribution >= 4 is 30.3 Å². The summed E-state index contributed by atoms with van der Waals surface area (Å²) in [5, 5.41) is 26.3. The Morgan fingerprint density at radius 3 is 3.00 bits per heavy atom. The third kappa shape index (κ3) is 5.12. The third-order valence-corrected chi connectivity index (χ3v) is 3.95. The summed E-state index contributed by atoms with van der Waals surface area (Å²) in [6.45, 7) is 0.647. The van der Waals surface area contributed by atoms with Gasteiger partial charge in [0.2, 0.25) is 5.91 Å². The van der Waals surface area contributed by atoms with Crippen LogP contribution in [0.25, 0.3) is 0 Å². The van der Waals surface area contributed by atoms with E-state index in [1.807, 2.05) is 17.5 Å². The van der Waals surface area contributed by atoms with Crippen LogP contribution in [0.1, 0.15) is 11.3 Å². The van der Waals surface area contributed by atoms with Crippen molar-refractivity contribution in [1.82, 2.24) is 10.6 Å². The number of aliphatic carboxylic acids is 1. The van der Waals surface area contributed by atoms with Gasteiger partial charge in [-0.3, -0.25) is 9.59 Å². The normalized spacial score (nSPS) is 22.6. The van der Waals surface area contributed by atoms with Gasteiger partial charge in [0.25, 0.3) is 0 Å². The predicted octanol–water partition coefficient (Wildman–Crippen LogP) is -0.742. The smallest absolute Gasteiger partial charge is 0.479 e. The van der Waals surface area contributed by atoms with E-state index in [-0.39, 0.29) is 18.7 Å². The van der Waals surface area contributed by atoms with Gasteiger partial charge in [-0.1, -0.05) is 6.07 Å². The Kier molecular flexibility index (Phi) is 5.74. The van der Waals surface area contributed by atoms with Gasteiger partial charge in [-0.2, -0.15) is 0 Å². The molecule has 9 heteroatoms. The summed E-state index contributed by atoms with van der Waals surface area (Å²) in [6, 6.07) is 3.74. The van der Waals surface area contributed by atoms with Crippen molar-refractivity contribution < 1.29 is 24.4 Å². The highest BCUT2D eigenvalue weighted by Gasteiger charge is 2.34. The van der Waals surface area contributed by atoms with Gasteiger partial charge in [-0.15, -0.1) is 11.3 Å². The zero-order chi connectivity index (χ0) is 15.2. The van der Waals surface area contributed by atoms with Crippen LogP contribution in [0.3, 0.4) is 0 Å². The second-order valence-corrected chi connectivity index (χ2v) is 5.87. The van der Waals surface area contributed by atoms with Crippen molar-refractivity contribution in [3.63, 3.8) is 0 Å². The largest absolute Gasteiger partial charge is 0.481 e. The molecule has 4 N–H and O–H groups in total. The molecule has 1 aromatic heterocycles. The third-order valence-electron chi connectivity index (χ3n) is 3.08. The molecular formula is C12H17BN2O5S. The first-order valence-corrected chi connectivity index (χ1v) is 7.50. The maximum atomic E-state index is 11.9. The van der Waals surface area contributed by atoms with Crippen LogP contribution in [0, 0.1) is 0 Å². The quantitative estimate of drug-likeness (QED) is 0.533. The van der Waals surface area contributed by atoms with E-state index in [9.17, 15) is 14.6 Å². The maximum absolute atomic E-state index is 11.9. The zero-order valence-electron chi connectivity index (χ0n) is 11.3. The highest BCUT2D eigenvalue weighted by atomic mass is 32.1. The summed E-state index contributed by atoms with van der Waals surface area (Å²) in [5.74, 6) is -1.80. The molecule has 0 bridgehead atoms. The lowest BCUT2D eigenvalue weighted by molar-refractivity contribution is -0.138. The summed E-state index contributed by atoms with van der Waals surface area (Å²) in [4.78, 5) is 23.5. The van der Waals surface area contributed by atoms with Gasteiger partial charge in [-0.25, -0.2) is 0 Å². The highest BCUT2D eigenvalue weighted by Crippen LogP contribution is 2.10. The number of carboxylic acid groups (broad SMARTS) is 1. The minimum Gasteiger partial charge on any atom is -0.481 e. The number of carbonyl (C=O) groups excluding carboxylic acids is 1. The topological polar surface area (TPSA) is 108 Å². The first-order valence-electron chi connectivity index (χ1n) is 6.62. The van der Waals surface area contributed by atoms with E-state index >= 15 is 0 Å². The molecule has 21 heavy (non-hydrogen) atoms. The molecule has 2 heterocycles. The Labute approximate surface area is 126 Å². The Bertz CT molecular complexity index is 484. The van der Waals surface area contributed by atoms with Crippen LogP contribution in [0.15, 0.2) is 17.5 Å². The number of hydrogen-bond acceptors (Lipinski definition) is 6. The molecule has 0 aromatic carbocycles. The van der Waals surface area contributed by atoms with Crippen LogP contribution in [-0.2, 0) is 20.7 Å². The van der Waals surface area contributed by atoms with Crippen LogP contribution < -0.4 is 10.6 Å². The molecule has 1 aliphatic rings. The maximum Gasteiger partial charge on any atom is 0.479 e. The van der Waals surface area contributed by atoms with Gasteiger partial charge < -0.3 is 25.4 Å². The van der Waals surface area contributed by atoms with E-state index in [1.165, 1.54) is 11.3 Å². The predicted molar refractivity (Wildman–Crippen MR) is 77.9 cm³/mol. The molecule has 1 aliphatic heterocycles. The minimum atomic E-state index is -1.23. The molecule has 0 spiro atoms. The Hall–Kier alpha value is -1.42. The Morgan fingerprint density at radius 2 is 2.33 bits per heavy atom. The number of amides is 1. The average Bonchev–Trinajstić information content (AvgIpc) is 2.83.